The first-order chi connectivity index (χ1) is 18.3. The number of carbonyl (C=O) groups excluding carboxylic acids is 2. The number of anilines is 1. The van der Waals surface area contributed by atoms with E-state index in [4.69, 9.17) is 22.0 Å². The number of β-lactam (4-membered cyclic amide) rings is 1. The molecule has 2 amide bonds. The van der Waals surface area contributed by atoms with Crippen molar-refractivity contribution in [3.8, 4) is 0 Å². The highest BCUT2D eigenvalue weighted by Crippen LogP contribution is 2.41. The van der Waals surface area contributed by atoms with E-state index in [1.165, 1.54) is 33.1 Å². The van der Waals surface area contributed by atoms with Crippen LogP contribution in [0.2, 0.25) is 0 Å². The Bertz CT molecular complexity index is 1260. The highest BCUT2D eigenvalue weighted by molar-refractivity contribution is 8.01. The minimum atomic E-state index is -1.25. The zero-order chi connectivity index (χ0) is 27.2. The summed E-state index contributed by atoms with van der Waals surface area (Å²) in [5.41, 5.74) is 16.8. The van der Waals surface area contributed by atoms with Crippen LogP contribution in [0.25, 0.3) is 0 Å². The van der Waals surface area contributed by atoms with Crippen molar-refractivity contribution in [1.82, 2.24) is 39.8 Å². The lowest BCUT2D eigenvalue weighted by Gasteiger charge is -2.49. The summed E-state index contributed by atoms with van der Waals surface area (Å²) in [6.45, 7) is 1.28. The number of nitrogens with one attached hydrogen (secondary N) is 1. The molecule has 1 fully saturated rings. The fourth-order valence-corrected chi connectivity index (χ4v) is 6.31. The van der Waals surface area contributed by atoms with E-state index in [1.54, 1.807) is 0 Å². The Hall–Kier alpha value is -3.33. The molecule has 0 radical (unpaired) electrons. The molecule has 0 aliphatic carbocycles. The van der Waals surface area contributed by atoms with Crippen molar-refractivity contribution in [3.05, 3.63) is 17.1 Å². The van der Waals surface area contributed by atoms with Gasteiger partial charge in [-0.25, -0.2) is 9.48 Å². The van der Waals surface area contributed by atoms with Gasteiger partial charge >= 0.3 is 5.97 Å². The van der Waals surface area contributed by atoms with Gasteiger partial charge in [-0.1, -0.05) is 16.9 Å². The number of fused-ring (bicyclic) bond motifs is 1. The number of hydrogen-bond donors (Lipinski definition) is 5. The molecular formula is C18H24N12O5S3. The van der Waals surface area contributed by atoms with Crippen molar-refractivity contribution in [2.75, 3.05) is 36.9 Å². The third kappa shape index (κ3) is 5.88. The number of carboxylic acid groups (broad SMARTS) is 1. The summed E-state index contributed by atoms with van der Waals surface area (Å²) in [7, 11) is 0. The number of tetrazole rings is 1. The fraction of sp³-hybridized carbons (Fsp3) is 0.500. The molecule has 2 aromatic rings. The van der Waals surface area contributed by atoms with Gasteiger partial charge in [0.1, 0.15) is 23.7 Å². The maximum absolute atomic E-state index is 13.0. The van der Waals surface area contributed by atoms with Crippen molar-refractivity contribution in [2.24, 2.45) is 16.6 Å². The van der Waals surface area contributed by atoms with Gasteiger partial charge in [0.15, 0.2) is 5.13 Å². The van der Waals surface area contributed by atoms with Crippen LogP contribution in [0.4, 0.5) is 5.13 Å². The molecule has 20 heteroatoms. The Labute approximate surface area is 227 Å². The largest absolute Gasteiger partial charge is 0.477 e. The molecule has 4 heterocycles. The molecule has 1 unspecified atom stereocenters. The fourth-order valence-electron chi connectivity index (χ4n) is 3.49. The lowest BCUT2D eigenvalue weighted by molar-refractivity contribution is -0.150. The molecule has 0 saturated carbocycles. The molecule has 2 atom stereocenters. The van der Waals surface area contributed by atoms with E-state index in [9.17, 15) is 19.5 Å². The lowest BCUT2D eigenvalue weighted by Crippen LogP contribution is -2.71. The summed E-state index contributed by atoms with van der Waals surface area (Å²) in [5, 5.41) is 27.7. The first-order valence-corrected chi connectivity index (χ1v) is 14.0. The van der Waals surface area contributed by atoms with E-state index in [2.05, 4.69) is 35.4 Å². The summed E-state index contributed by atoms with van der Waals surface area (Å²) in [6, 6.07) is -0.988. The molecular weight excluding hydrogens is 560 g/mol. The SMILES string of the molecule is NCCCO/N=C(/C(=O)NC1C(=O)N2C(C(=O)O)=C(CSc3nnnn3CCN)CS[C@H]12)c1nsc(N)n1. The number of oxime groups is 1. The molecule has 0 bridgehead atoms. The minimum absolute atomic E-state index is 0.0555. The van der Waals surface area contributed by atoms with Gasteiger partial charge in [0.05, 0.1) is 6.54 Å². The monoisotopic (exact) mass is 584 g/mol. The maximum Gasteiger partial charge on any atom is 0.352 e. The maximum atomic E-state index is 13.0. The number of carboxylic acids is 1. The predicted octanol–water partition coefficient (Wildman–Crippen LogP) is -2.33. The minimum Gasteiger partial charge on any atom is -0.477 e. The Morgan fingerprint density at radius 1 is 1.32 bits per heavy atom. The van der Waals surface area contributed by atoms with Crippen LogP contribution in [0.5, 0.6) is 0 Å². The van der Waals surface area contributed by atoms with Crippen molar-refractivity contribution in [3.63, 3.8) is 0 Å². The van der Waals surface area contributed by atoms with Gasteiger partial charge < -0.3 is 32.5 Å². The Balaban J connectivity index is 1.47. The molecule has 2 aliphatic rings. The van der Waals surface area contributed by atoms with Crippen LogP contribution >= 0.6 is 35.1 Å². The highest BCUT2D eigenvalue weighted by atomic mass is 32.2. The summed E-state index contributed by atoms with van der Waals surface area (Å²) < 4.78 is 5.51. The number of rotatable bonds is 13. The van der Waals surface area contributed by atoms with Gasteiger partial charge in [-0.05, 0) is 29.0 Å². The molecule has 0 aromatic carbocycles. The second kappa shape index (κ2) is 12.5. The number of aliphatic carboxylic acids is 1. The van der Waals surface area contributed by atoms with Crippen LogP contribution < -0.4 is 22.5 Å². The van der Waals surface area contributed by atoms with Gasteiger partial charge in [0.2, 0.25) is 16.7 Å². The number of nitrogens with two attached hydrogens (primary N) is 3. The summed E-state index contributed by atoms with van der Waals surface area (Å²) in [6.07, 6.45) is 0.507. The standard InChI is InChI=1S/C18H24N12O5S3/c19-2-1-5-35-25-9(12-23-17(21)38-26-12)13(31)22-10-14(32)30-11(16(33)34)8(6-36-15(10)30)7-37-18-24-27-28-29(18)4-3-20/h10,15H,1-7,19-20H2,(H,22,31)(H,33,34)(H2,21,23,26)/b25-9+/t10?,15-/m1/s1. The zero-order valence-corrected chi connectivity index (χ0v) is 22.2. The van der Waals surface area contributed by atoms with Gasteiger partial charge in [-0.3, -0.25) is 14.5 Å². The second-order valence-corrected chi connectivity index (χ2v) is 10.6. The quantitative estimate of drug-likeness (QED) is 0.0543. The van der Waals surface area contributed by atoms with E-state index in [1.807, 2.05) is 0 Å². The van der Waals surface area contributed by atoms with Crippen LogP contribution in [0.15, 0.2) is 21.6 Å². The average Bonchev–Trinajstić information content (AvgIpc) is 3.53. The first kappa shape index (κ1) is 27.7. The average molecular weight is 585 g/mol. The van der Waals surface area contributed by atoms with Crippen molar-refractivity contribution in [2.45, 2.75) is 29.5 Å². The number of amides is 2. The van der Waals surface area contributed by atoms with Gasteiger partial charge in [0.25, 0.3) is 11.8 Å². The van der Waals surface area contributed by atoms with Crippen LogP contribution in [-0.4, -0.2) is 106 Å². The number of nitrogens with zero attached hydrogens (tertiary/aromatic N) is 8. The van der Waals surface area contributed by atoms with E-state index >= 15 is 0 Å². The number of hydrogen-bond acceptors (Lipinski definition) is 16. The van der Waals surface area contributed by atoms with Crippen LogP contribution in [0, 0.1) is 0 Å². The van der Waals surface area contributed by atoms with E-state index in [-0.39, 0.29) is 34.7 Å². The Morgan fingerprint density at radius 3 is 2.82 bits per heavy atom. The molecule has 204 valence electrons. The topological polar surface area (TPSA) is 256 Å². The van der Waals surface area contributed by atoms with Crippen LogP contribution in [-0.2, 0) is 25.8 Å². The Morgan fingerprint density at radius 2 is 2.13 bits per heavy atom. The molecule has 1 saturated heterocycles. The normalized spacial score (nSPS) is 19.3. The van der Waals surface area contributed by atoms with Crippen LogP contribution in [0.1, 0.15) is 12.2 Å². The second-order valence-electron chi connectivity index (χ2n) is 7.75. The third-order valence-electron chi connectivity index (χ3n) is 5.22. The number of carbonyl (C=O) groups is 3. The highest BCUT2D eigenvalue weighted by Gasteiger charge is 2.54. The molecule has 17 nitrogen and oxygen atoms in total. The Kier molecular flexibility index (Phi) is 9.09. The van der Waals surface area contributed by atoms with Gasteiger partial charge in [-0.2, -0.15) is 9.36 Å². The number of aromatic nitrogens is 6. The van der Waals surface area contributed by atoms with E-state index in [0.29, 0.717) is 42.5 Å². The number of nitrogen functional groups attached to an aromatic ring is 1. The van der Waals surface area contributed by atoms with Crippen molar-refractivity contribution in [1.29, 1.82) is 0 Å². The van der Waals surface area contributed by atoms with Crippen molar-refractivity contribution < 1.29 is 24.3 Å². The first-order valence-electron chi connectivity index (χ1n) is 11.1. The smallest absolute Gasteiger partial charge is 0.352 e. The zero-order valence-electron chi connectivity index (χ0n) is 19.7. The molecule has 4 rings (SSSR count). The molecule has 2 aromatic heterocycles. The third-order valence-corrected chi connectivity index (χ3v) is 8.14. The molecule has 38 heavy (non-hydrogen) atoms. The lowest BCUT2D eigenvalue weighted by atomic mass is 10.0. The summed E-state index contributed by atoms with van der Waals surface area (Å²) >= 11 is 3.44. The van der Waals surface area contributed by atoms with Gasteiger partial charge in [-0.15, -0.1) is 16.9 Å². The summed E-state index contributed by atoms with van der Waals surface area (Å²) in [4.78, 5) is 48.5. The van der Waals surface area contributed by atoms with Crippen molar-refractivity contribution >= 4 is 63.7 Å². The molecule has 8 N–H and O–H groups in total. The van der Waals surface area contributed by atoms with Gasteiger partial charge in [0, 0.05) is 29.6 Å². The molecule has 0 spiro atoms. The van der Waals surface area contributed by atoms with E-state index in [0.717, 1.165) is 11.5 Å². The summed E-state index contributed by atoms with van der Waals surface area (Å²) in [5.74, 6) is -2.06. The predicted molar refractivity (Wildman–Crippen MR) is 138 cm³/mol. The van der Waals surface area contributed by atoms with E-state index < -0.39 is 29.2 Å². The number of thioether (sulfide) groups is 2. The van der Waals surface area contributed by atoms with Crippen LogP contribution in [0.3, 0.4) is 0 Å². The molecule has 2 aliphatic heterocycles.